The minimum absolute atomic E-state index is 0.145. The maximum atomic E-state index is 13.3. The van der Waals surface area contributed by atoms with Crippen molar-refractivity contribution < 1.29 is 13.9 Å². The molecular formula is C19H24FN3O2. The van der Waals surface area contributed by atoms with Gasteiger partial charge in [0.1, 0.15) is 11.6 Å². The number of halogens is 1. The van der Waals surface area contributed by atoms with Gasteiger partial charge >= 0.3 is 0 Å². The van der Waals surface area contributed by atoms with Crippen molar-refractivity contribution >= 4 is 0 Å². The van der Waals surface area contributed by atoms with Crippen LogP contribution in [0.1, 0.15) is 30.3 Å². The summed E-state index contributed by atoms with van der Waals surface area (Å²) < 4.78 is 24.6. The summed E-state index contributed by atoms with van der Waals surface area (Å²) >= 11 is 0. The molecule has 0 saturated carbocycles. The standard InChI is InChI=1S/C19H24FN3O2/c1-23(11-13-24-14-17-4-2-12-25-17)18(19-21-9-3-10-22-19)15-5-7-16(20)8-6-15/h3,5-10,17-18H,2,4,11-14H2,1H3/t17-,18-/m1/s1. The molecule has 2 atom stereocenters. The summed E-state index contributed by atoms with van der Waals surface area (Å²) in [6.07, 6.45) is 5.87. The van der Waals surface area contributed by atoms with Crippen LogP contribution in [0, 0.1) is 5.82 Å². The Morgan fingerprint density at radius 3 is 2.72 bits per heavy atom. The zero-order chi connectivity index (χ0) is 17.5. The summed E-state index contributed by atoms with van der Waals surface area (Å²) in [6.45, 7) is 2.79. The van der Waals surface area contributed by atoms with Gasteiger partial charge in [0.15, 0.2) is 0 Å². The van der Waals surface area contributed by atoms with Crippen LogP contribution < -0.4 is 0 Å². The number of hydrogen-bond acceptors (Lipinski definition) is 5. The van der Waals surface area contributed by atoms with E-state index in [2.05, 4.69) is 14.9 Å². The fraction of sp³-hybridized carbons (Fsp3) is 0.474. The fourth-order valence-electron chi connectivity index (χ4n) is 3.03. The van der Waals surface area contributed by atoms with Gasteiger partial charge in [0.25, 0.3) is 0 Å². The van der Waals surface area contributed by atoms with Gasteiger partial charge < -0.3 is 9.47 Å². The minimum Gasteiger partial charge on any atom is -0.377 e. The first-order chi connectivity index (χ1) is 12.2. The second kappa shape index (κ2) is 8.99. The van der Waals surface area contributed by atoms with Crippen LogP contribution >= 0.6 is 0 Å². The molecule has 0 aliphatic carbocycles. The number of rotatable bonds is 8. The van der Waals surface area contributed by atoms with Crippen LogP contribution in [0.25, 0.3) is 0 Å². The molecule has 0 radical (unpaired) electrons. The molecule has 1 aromatic carbocycles. The molecule has 5 nitrogen and oxygen atoms in total. The third kappa shape index (κ3) is 5.04. The Morgan fingerprint density at radius 1 is 1.28 bits per heavy atom. The Hall–Kier alpha value is -1.89. The molecule has 6 heteroatoms. The van der Waals surface area contributed by atoms with Crippen LogP contribution in [0.5, 0.6) is 0 Å². The maximum absolute atomic E-state index is 13.3. The molecule has 2 aromatic rings. The van der Waals surface area contributed by atoms with Crippen molar-refractivity contribution in [2.45, 2.75) is 25.0 Å². The molecule has 1 aromatic heterocycles. The number of ether oxygens (including phenoxy) is 2. The van der Waals surface area contributed by atoms with Gasteiger partial charge in [-0.1, -0.05) is 12.1 Å². The number of benzene rings is 1. The first-order valence-corrected chi connectivity index (χ1v) is 8.66. The summed E-state index contributed by atoms with van der Waals surface area (Å²) in [4.78, 5) is 10.9. The van der Waals surface area contributed by atoms with Crippen molar-refractivity contribution in [1.29, 1.82) is 0 Å². The van der Waals surface area contributed by atoms with E-state index in [4.69, 9.17) is 9.47 Å². The average molecular weight is 345 g/mol. The SMILES string of the molecule is CN(CCOC[C@H]1CCCO1)[C@H](c1ccc(F)cc1)c1ncccn1. The van der Waals surface area contributed by atoms with Crippen LogP contribution in [-0.4, -0.2) is 54.4 Å². The van der Waals surface area contributed by atoms with Crippen molar-refractivity contribution in [3.63, 3.8) is 0 Å². The zero-order valence-corrected chi connectivity index (χ0v) is 14.5. The Bertz CT molecular complexity index is 633. The lowest BCUT2D eigenvalue weighted by atomic mass is 10.0. The van der Waals surface area contributed by atoms with E-state index in [0.717, 1.165) is 25.0 Å². The minimum atomic E-state index is -0.251. The highest BCUT2D eigenvalue weighted by Gasteiger charge is 2.22. The Balaban J connectivity index is 1.62. The Labute approximate surface area is 147 Å². The summed E-state index contributed by atoms with van der Waals surface area (Å²) in [5.74, 6) is 0.440. The second-order valence-corrected chi connectivity index (χ2v) is 6.25. The molecular weight excluding hydrogens is 321 g/mol. The first-order valence-electron chi connectivity index (χ1n) is 8.66. The molecule has 0 spiro atoms. The third-order valence-corrected chi connectivity index (χ3v) is 4.37. The lowest BCUT2D eigenvalue weighted by molar-refractivity contribution is 0.0102. The van der Waals surface area contributed by atoms with Gasteiger partial charge in [0, 0.05) is 25.5 Å². The van der Waals surface area contributed by atoms with Gasteiger partial charge in [-0.25, -0.2) is 14.4 Å². The van der Waals surface area contributed by atoms with E-state index in [1.54, 1.807) is 30.6 Å². The molecule has 0 bridgehead atoms. The van der Waals surface area contributed by atoms with Gasteiger partial charge in [0.05, 0.1) is 25.4 Å². The van der Waals surface area contributed by atoms with Crippen LogP contribution in [0.15, 0.2) is 42.7 Å². The molecule has 0 unspecified atom stereocenters. The van der Waals surface area contributed by atoms with Gasteiger partial charge in [-0.05, 0) is 43.7 Å². The number of likely N-dealkylation sites (N-methyl/N-ethyl adjacent to an activating group) is 1. The monoisotopic (exact) mass is 345 g/mol. The van der Waals surface area contributed by atoms with E-state index in [9.17, 15) is 4.39 Å². The smallest absolute Gasteiger partial charge is 0.149 e. The highest BCUT2D eigenvalue weighted by molar-refractivity contribution is 5.25. The van der Waals surface area contributed by atoms with E-state index < -0.39 is 0 Å². The molecule has 2 heterocycles. The van der Waals surface area contributed by atoms with Crippen LogP contribution in [0.2, 0.25) is 0 Å². The molecule has 0 N–H and O–H groups in total. The lowest BCUT2D eigenvalue weighted by Gasteiger charge is -2.27. The lowest BCUT2D eigenvalue weighted by Crippen LogP contribution is -2.31. The maximum Gasteiger partial charge on any atom is 0.149 e. The number of aromatic nitrogens is 2. The van der Waals surface area contributed by atoms with Crippen molar-refractivity contribution in [3.8, 4) is 0 Å². The van der Waals surface area contributed by atoms with E-state index in [1.807, 2.05) is 7.05 Å². The van der Waals surface area contributed by atoms with Crippen LogP contribution in [0.4, 0.5) is 4.39 Å². The predicted octanol–water partition coefficient (Wildman–Crippen LogP) is 2.83. The van der Waals surface area contributed by atoms with Gasteiger partial charge in [-0.15, -0.1) is 0 Å². The molecule has 1 aliphatic heterocycles. The molecule has 1 fully saturated rings. The fourth-order valence-corrected chi connectivity index (χ4v) is 3.03. The van der Waals surface area contributed by atoms with Crippen molar-refractivity contribution in [1.82, 2.24) is 14.9 Å². The van der Waals surface area contributed by atoms with Gasteiger partial charge in [0.2, 0.25) is 0 Å². The normalized spacial score (nSPS) is 18.6. The van der Waals surface area contributed by atoms with Crippen molar-refractivity contribution in [2.75, 3.05) is 33.4 Å². The Morgan fingerprint density at radius 2 is 2.04 bits per heavy atom. The van der Waals surface area contributed by atoms with Gasteiger partial charge in [-0.2, -0.15) is 0 Å². The molecule has 1 aliphatic rings. The number of hydrogen-bond donors (Lipinski definition) is 0. The average Bonchev–Trinajstić information content (AvgIpc) is 3.15. The van der Waals surface area contributed by atoms with E-state index >= 15 is 0 Å². The quantitative estimate of drug-likeness (QED) is 0.689. The molecule has 134 valence electrons. The largest absolute Gasteiger partial charge is 0.377 e. The van der Waals surface area contributed by atoms with Crippen molar-refractivity contribution in [2.24, 2.45) is 0 Å². The zero-order valence-electron chi connectivity index (χ0n) is 14.5. The first kappa shape index (κ1) is 17.9. The summed E-state index contributed by atoms with van der Waals surface area (Å²) in [5, 5.41) is 0. The number of nitrogens with zero attached hydrogens (tertiary/aromatic N) is 3. The second-order valence-electron chi connectivity index (χ2n) is 6.25. The van der Waals surface area contributed by atoms with Crippen LogP contribution in [0.3, 0.4) is 0 Å². The molecule has 1 saturated heterocycles. The Kier molecular flexibility index (Phi) is 6.44. The molecule has 0 amide bonds. The summed E-state index contributed by atoms with van der Waals surface area (Å²) in [6, 6.07) is 8.13. The predicted molar refractivity (Wildman–Crippen MR) is 92.7 cm³/mol. The van der Waals surface area contributed by atoms with Crippen LogP contribution in [-0.2, 0) is 9.47 Å². The molecule has 25 heavy (non-hydrogen) atoms. The summed E-state index contributed by atoms with van der Waals surface area (Å²) in [5.41, 5.74) is 0.953. The van der Waals surface area contributed by atoms with E-state index in [1.165, 1.54) is 12.1 Å². The highest BCUT2D eigenvalue weighted by Crippen LogP contribution is 2.24. The van der Waals surface area contributed by atoms with Crippen molar-refractivity contribution in [3.05, 3.63) is 59.9 Å². The topological polar surface area (TPSA) is 47.5 Å². The van der Waals surface area contributed by atoms with E-state index in [-0.39, 0.29) is 18.0 Å². The van der Waals surface area contributed by atoms with E-state index in [0.29, 0.717) is 25.6 Å². The summed E-state index contributed by atoms with van der Waals surface area (Å²) in [7, 11) is 2.00. The molecule has 3 rings (SSSR count). The highest BCUT2D eigenvalue weighted by atomic mass is 19.1. The van der Waals surface area contributed by atoms with Gasteiger partial charge in [-0.3, -0.25) is 4.90 Å². The third-order valence-electron chi connectivity index (χ3n) is 4.37.